The number of fused-ring (bicyclic) bond motifs is 1. The predicted molar refractivity (Wildman–Crippen MR) is 39.8 cm³/mol. The minimum Gasteiger partial charge on any atom is -0.364 e. The van der Waals surface area contributed by atoms with Gasteiger partial charge in [-0.15, -0.1) is 0 Å². The zero-order valence-corrected chi connectivity index (χ0v) is 6.60. The lowest BCUT2D eigenvalue weighted by Crippen LogP contribution is -2.39. The normalized spacial score (nSPS) is 40.5. The molecule has 0 N–H and O–H groups in total. The van der Waals surface area contributed by atoms with Gasteiger partial charge in [0.25, 0.3) is 0 Å². The smallest absolute Gasteiger partial charge is 0.0996 e. The molecule has 10 heavy (non-hydrogen) atoms. The van der Waals surface area contributed by atoms with Gasteiger partial charge in [-0.05, 0) is 19.3 Å². The van der Waals surface area contributed by atoms with Crippen LogP contribution in [0, 0.1) is 0 Å². The van der Waals surface area contributed by atoms with E-state index in [1.54, 1.807) is 0 Å². The van der Waals surface area contributed by atoms with Crippen LogP contribution in [-0.2, 0) is 4.74 Å². The second kappa shape index (κ2) is 2.21. The monoisotopic (exact) mass is 141 g/mol. The number of rotatable bonds is 1. The first-order chi connectivity index (χ1) is 4.87. The van der Waals surface area contributed by atoms with Gasteiger partial charge >= 0.3 is 0 Å². The van der Waals surface area contributed by atoms with Crippen molar-refractivity contribution in [3.8, 4) is 0 Å². The van der Waals surface area contributed by atoms with Crippen molar-refractivity contribution in [2.45, 2.75) is 31.7 Å². The Kier molecular flexibility index (Phi) is 1.46. The third kappa shape index (κ3) is 0.722. The SMILES string of the molecule is CCC12CCCN1COC2. The summed E-state index contributed by atoms with van der Waals surface area (Å²) in [5.41, 5.74) is 0.458. The molecular formula is C8H15NO. The van der Waals surface area contributed by atoms with Gasteiger partial charge in [0.15, 0.2) is 0 Å². The van der Waals surface area contributed by atoms with Crippen LogP contribution in [-0.4, -0.2) is 30.3 Å². The first-order valence-electron chi connectivity index (χ1n) is 4.20. The van der Waals surface area contributed by atoms with E-state index in [1.807, 2.05) is 0 Å². The maximum absolute atomic E-state index is 5.43. The minimum atomic E-state index is 0.458. The highest BCUT2D eigenvalue weighted by molar-refractivity contribution is 4.96. The highest BCUT2D eigenvalue weighted by Crippen LogP contribution is 2.35. The van der Waals surface area contributed by atoms with E-state index in [9.17, 15) is 0 Å². The molecule has 2 aliphatic heterocycles. The van der Waals surface area contributed by atoms with Gasteiger partial charge in [-0.1, -0.05) is 6.92 Å². The Labute approximate surface area is 62.2 Å². The van der Waals surface area contributed by atoms with E-state index in [0.29, 0.717) is 5.54 Å². The Balaban J connectivity index is 2.15. The standard InChI is InChI=1S/C8H15NO/c1-2-8-4-3-5-9(8)7-10-6-8/h2-7H2,1H3. The molecular weight excluding hydrogens is 126 g/mol. The molecule has 2 saturated heterocycles. The van der Waals surface area contributed by atoms with Crippen LogP contribution in [0.4, 0.5) is 0 Å². The Morgan fingerprint density at radius 1 is 1.60 bits per heavy atom. The van der Waals surface area contributed by atoms with Crippen molar-refractivity contribution >= 4 is 0 Å². The molecule has 0 saturated carbocycles. The van der Waals surface area contributed by atoms with Crippen LogP contribution < -0.4 is 0 Å². The van der Waals surface area contributed by atoms with Crippen molar-refractivity contribution in [1.29, 1.82) is 0 Å². The van der Waals surface area contributed by atoms with Gasteiger partial charge in [0.05, 0.1) is 13.3 Å². The number of hydrogen-bond donors (Lipinski definition) is 0. The maximum atomic E-state index is 5.43. The minimum absolute atomic E-state index is 0.458. The molecule has 0 aromatic heterocycles. The molecule has 58 valence electrons. The summed E-state index contributed by atoms with van der Waals surface area (Å²) >= 11 is 0. The zero-order valence-electron chi connectivity index (χ0n) is 6.60. The summed E-state index contributed by atoms with van der Waals surface area (Å²) in [5, 5.41) is 0. The summed E-state index contributed by atoms with van der Waals surface area (Å²) in [7, 11) is 0. The molecule has 2 heteroatoms. The van der Waals surface area contributed by atoms with Crippen LogP contribution in [0.25, 0.3) is 0 Å². The molecule has 0 aromatic rings. The fraction of sp³-hybridized carbons (Fsp3) is 1.00. The van der Waals surface area contributed by atoms with Gasteiger partial charge in [0.1, 0.15) is 0 Å². The molecule has 0 aliphatic carbocycles. The number of nitrogens with zero attached hydrogens (tertiary/aromatic N) is 1. The van der Waals surface area contributed by atoms with E-state index >= 15 is 0 Å². The van der Waals surface area contributed by atoms with Gasteiger partial charge in [0.2, 0.25) is 0 Å². The maximum Gasteiger partial charge on any atom is 0.0996 e. The summed E-state index contributed by atoms with van der Waals surface area (Å²) in [6.45, 7) is 5.39. The molecule has 0 amide bonds. The van der Waals surface area contributed by atoms with Crippen LogP contribution in [0.1, 0.15) is 26.2 Å². The first-order valence-corrected chi connectivity index (χ1v) is 4.20. The summed E-state index contributed by atoms with van der Waals surface area (Å²) in [5.74, 6) is 0. The Hall–Kier alpha value is -0.0800. The van der Waals surface area contributed by atoms with Crippen molar-refractivity contribution in [3.63, 3.8) is 0 Å². The molecule has 0 bridgehead atoms. The Bertz CT molecular complexity index is 125. The van der Waals surface area contributed by atoms with E-state index in [1.165, 1.54) is 25.8 Å². The highest BCUT2D eigenvalue weighted by atomic mass is 16.5. The number of ether oxygens (including phenoxy) is 1. The lowest BCUT2D eigenvalue weighted by Gasteiger charge is -2.27. The molecule has 2 nitrogen and oxygen atoms in total. The third-order valence-corrected chi connectivity index (χ3v) is 3.02. The average Bonchev–Trinajstić information content (AvgIpc) is 2.42. The molecule has 0 aromatic carbocycles. The van der Waals surface area contributed by atoms with Crippen LogP contribution in [0.2, 0.25) is 0 Å². The van der Waals surface area contributed by atoms with Crippen LogP contribution in [0.15, 0.2) is 0 Å². The van der Waals surface area contributed by atoms with E-state index in [0.717, 1.165) is 13.3 Å². The second-order valence-electron chi connectivity index (χ2n) is 3.42. The summed E-state index contributed by atoms with van der Waals surface area (Å²) in [4.78, 5) is 2.49. The van der Waals surface area contributed by atoms with Gasteiger partial charge < -0.3 is 4.74 Å². The predicted octanol–water partition coefficient (Wildman–Crippen LogP) is 1.22. The van der Waals surface area contributed by atoms with Crippen molar-refractivity contribution in [2.75, 3.05) is 19.9 Å². The van der Waals surface area contributed by atoms with Gasteiger partial charge in [-0.2, -0.15) is 0 Å². The fourth-order valence-electron chi connectivity index (χ4n) is 2.21. The zero-order chi connectivity index (χ0) is 7.03. The topological polar surface area (TPSA) is 12.5 Å². The first kappa shape index (κ1) is 6.62. The lowest BCUT2D eigenvalue weighted by atomic mass is 9.95. The van der Waals surface area contributed by atoms with E-state index < -0.39 is 0 Å². The molecule has 2 heterocycles. The number of hydrogen-bond acceptors (Lipinski definition) is 2. The largest absolute Gasteiger partial charge is 0.364 e. The van der Waals surface area contributed by atoms with Crippen molar-refractivity contribution < 1.29 is 4.74 Å². The van der Waals surface area contributed by atoms with E-state index in [2.05, 4.69) is 11.8 Å². The molecule has 0 radical (unpaired) electrons. The fourth-order valence-corrected chi connectivity index (χ4v) is 2.21. The molecule has 2 rings (SSSR count). The lowest BCUT2D eigenvalue weighted by molar-refractivity contribution is 0.142. The van der Waals surface area contributed by atoms with Gasteiger partial charge in [0, 0.05) is 12.1 Å². The van der Waals surface area contributed by atoms with Crippen LogP contribution in [0.5, 0.6) is 0 Å². The Morgan fingerprint density at radius 3 is 3.20 bits per heavy atom. The van der Waals surface area contributed by atoms with E-state index in [4.69, 9.17) is 4.74 Å². The molecule has 2 aliphatic rings. The summed E-state index contributed by atoms with van der Waals surface area (Å²) < 4.78 is 5.43. The summed E-state index contributed by atoms with van der Waals surface area (Å²) in [6, 6.07) is 0. The van der Waals surface area contributed by atoms with Crippen LogP contribution >= 0.6 is 0 Å². The van der Waals surface area contributed by atoms with Crippen molar-refractivity contribution in [2.24, 2.45) is 0 Å². The molecule has 1 unspecified atom stereocenters. The molecule has 2 fully saturated rings. The van der Waals surface area contributed by atoms with Gasteiger partial charge in [-0.3, -0.25) is 4.90 Å². The van der Waals surface area contributed by atoms with Crippen molar-refractivity contribution in [3.05, 3.63) is 0 Å². The van der Waals surface area contributed by atoms with Crippen molar-refractivity contribution in [1.82, 2.24) is 4.90 Å². The second-order valence-corrected chi connectivity index (χ2v) is 3.42. The molecule has 0 spiro atoms. The van der Waals surface area contributed by atoms with E-state index in [-0.39, 0.29) is 0 Å². The average molecular weight is 141 g/mol. The molecule has 1 atom stereocenters. The van der Waals surface area contributed by atoms with Crippen LogP contribution in [0.3, 0.4) is 0 Å². The highest BCUT2D eigenvalue weighted by Gasteiger charge is 2.43. The quantitative estimate of drug-likeness (QED) is 0.544. The Morgan fingerprint density at radius 2 is 2.50 bits per heavy atom. The van der Waals surface area contributed by atoms with Gasteiger partial charge in [-0.25, -0.2) is 0 Å². The third-order valence-electron chi connectivity index (χ3n) is 3.02. The summed E-state index contributed by atoms with van der Waals surface area (Å²) in [6.07, 6.45) is 3.98.